The van der Waals surface area contributed by atoms with E-state index in [1.165, 1.54) is 88.3 Å². The van der Waals surface area contributed by atoms with E-state index in [2.05, 4.69) is 127 Å². The molecule has 0 bridgehead atoms. The molecule has 0 fully saturated rings. The van der Waals surface area contributed by atoms with E-state index in [-0.39, 0.29) is 12.3 Å². The van der Waals surface area contributed by atoms with E-state index in [0.29, 0.717) is 0 Å². The molecule has 8 aromatic rings. The smallest absolute Gasteiger partial charge is 0.336 e. The van der Waals surface area contributed by atoms with Crippen molar-refractivity contribution >= 4 is 61.6 Å². The van der Waals surface area contributed by atoms with E-state index in [1.54, 1.807) is 0 Å². The number of hydrogen-bond donors (Lipinski definition) is 0. The highest BCUT2D eigenvalue weighted by atomic mass is 16.3. The molecule has 0 atom stereocenters. The molecule has 5 aromatic carbocycles. The van der Waals surface area contributed by atoms with Crippen molar-refractivity contribution in [3.8, 4) is 28.1 Å². The average molecular weight is 536 g/mol. The van der Waals surface area contributed by atoms with E-state index in [4.69, 9.17) is 4.42 Å². The van der Waals surface area contributed by atoms with E-state index in [9.17, 15) is 0 Å². The molecular weight excluding hydrogens is 511 g/mol. The molecule has 0 unspecified atom stereocenters. The number of rotatable bonds is 0. The van der Waals surface area contributed by atoms with Gasteiger partial charge in [-0.1, -0.05) is 98.8 Å². The van der Waals surface area contributed by atoms with Gasteiger partial charge in [0.2, 0.25) is 0 Å². The second-order valence-electron chi connectivity index (χ2n) is 13.0. The quantitative estimate of drug-likeness (QED) is 0.180. The van der Waals surface area contributed by atoms with Crippen LogP contribution >= 0.6 is 0 Å². The van der Waals surface area contributed by atoms with Gasteiger partial charge in [-0.15, -0.1) is 0 Å². The lowest BCUT2D eigenvalue weighted by molar-refractivity contribution is 0.651. The Morgan fingerprint density at radius 2 is 1.48 bits per heavy atom. The maximum Gasteiger partial charge on any atom is 0.336 e. The molecule has 3 nitrogen and oxygen atoms in total. The Hall–Kier alpha value is -4.96. The summed E-state index contributed by atoms with van der Waals surface area (Å²) < 4.78 is 11.9. The Morgan fingerprint density at radius 3 is 2.40 bits per heavy atom. The summed E-state index contributed by atoms with van der Waals surface area (Å²) in [5, 5.41) is 5.04. The second kappa shape index (κ2) is 6.74. The maximum atomic E-state index is 6.76. The molecule has 196 valence electrons. The van der Waals surface area contributed by atoms with Crippen LogP contribution in [0.2, 0.25) is 0 Å². The summed E-state index contributed by atoms with van der Waals surface area (Å²) in [6.45, 7) is 7.06. The lowest BCUT2D eigenvalue weighted by Gasteiger charge is -2.34. The molecule has 3 aromatic heterocycles. The standard InChI is InChI=1S/C38H25BN2O/c1-20-18-26-21-12-8-13-24-31-23-11-5-7-17-30(23)42-37(31)41(34(21)24)39-28-16-9-14-25-32-36(40(35(25)28)29(19-20)33(26)39)22-10-4-6-15-27(22)38(32,2)3/h4-19H,1-3H3. The van der Waals surface area contributed by atoms with Crippen LogP contribution in [0.4, 0.5) is 0 Å². The van der Waals surface area contributed by atoms with E-state index in [0.717, 1.165) is 11.3 Å². The fourth-order valence-corrected chi connectivity index (χ4v) is 9.01. The molecule has 2 aliphatic heterocycles. The summed E-state index contributed by atoms with van der Waals surface area (Å²) in [6, 6.07) is 36.1. The second-order valence-corrected chi connectivity index (χ2v) is 13.0. The summed E-state index contributed by atoms with van der Waals surface area (Å²) in [5.74, 6) is 0. The van der Waals surface area contributed by atoms with Crippen molar-refractivity contribution in [3.05, 3.63) is 114 Å². The van der Waals surface area contributed by atoms with Crippen LogP contribution in [0.3, 0.4) is 0 Å². The monoisotopic (exact) mass is 536 g/mol. The molecule has 4 heteroatoms. The highest BCUT2D eigenvalue weighted by Crippen LogP contribution is 2.54. The van der Waals surface area contributed by atoms with Gasteiger partial charge in [0.25, 0.3) is 0 Å². The third-order valence-corrected chi connectivity index (χ3v) is 10.5. The molecular formula is C38H25BN2O. The third kappa shape index (κ3) is 2.16. The zero-order valence-electron chi connectivity index (χ0n) is 23.6. The van der Waals surface area contributed by atoms with Gasteiger partial charge in [0.15, 0.2) is 5.71 Å². The molecule has 5 heterocycles. The van der Waals surface area contributed by atoms with Crippen molar-refractivity contribution in [1.82, 2.24) is 9.05 Å². The lowest BCUT2D eigenvalue weighted by Crippen LogP contribution is -2.55. The first-order valence-corrected chi connectivity index (χ1v) is 14.9. The highest BCUT2D eigenvalue weighted by molar-refractivity contribution is 6.90. The minimum atomic E-state index is -0.0867. The van der Waals surface area contributed by atoms with Crippen molar-refractivity contribution in [2.45, 2.75) is 26.2 Å². The van der Waals surface area contributed by atoms with E-state index in [1.807, 2.05) is 0 Å². The first kappa shape index (κ1) is 21.7. The summed E-state index contributed by atoms with van der Waals surface area (Å²) in [6.07, 6.45) is 0. The van der Waals surface area contributed by atoms with Crippen molar-refractivity contribution in [3.63, 3.8) is 0 Å². The van der Waals surface area contributed by atoms with Gasteiger partial charge in [-0.3, -0.25) is 0 Å². The van der Waals surface area contributed by atoms with Gasteiger partial charge >= 0.3 is 6.85 Å². The lowest BCUT2D eigenvalue weighted by atomic mass is 9.45. The van der Waals surface area contributed by atoms with Crippen LogP contribution in [0.1, 0.15) is 30.5 Å². The van der Waals surface area contributed by atoms with Crippen LogP contribution in [-0.2, 0) is 5.41 Å². The van der Waals surface area contributed by atoms with E-state index < -0.39 is 0 Å². The fourth-order valence-electron chi connectivity index (χ4n) is 9.01. The van der Waals surface area contributed by atoms with Gasteiger partial charge in [-0.25, -0.2) is 0 Å². The predicted molar refractivity (Wildman–Crippen MR) is 174 cm³/mol. The minimum Gasteiger partial charge on any atom is -0.441 e. The van der Waals surface area contributed by atoms with Crippen molar-refractivity contribution in [2.75, 3.05) is 0 Å². The summed E-state index contributed by atoms with van der Waals surface area (Å²) in [4.78, 5) is 0. The Labute approximate surface area is 242 Å². The largest absolute Gasteiger partial charge is 0.441 e. The van der Waals surface area contributed by atoms with Gasteiger partial charge in [0.1, 0.15) is 5.58 Å². The molecule has 3 aliphatic rings. The van der Waals surface area contributed by atoms with Crippen LogP contribution in [-0.4, -0.2) is 15.9 Å². The minimum absolute atomic E-state index is 0.0237. The van der Waals surface area contributed by atoms with Crippen LogP contribution < -0.4 is 10.9 Å². The van der Waals surface area contributed by atoms with Crippen molar-refractivity contribution in [2.24, 2.45) is 0 Å². The van der Waals surface area contributed by atoms with E-state index >= 15 is 0 Å². The molecule has 0 N–H and O–H groups in total. The van der Waals surface area contributed by atoms with Crippen LogP contribution in [0.5, 0.6) is 0 Å². The van der Waals surface area contributed by atoms with Gasteiger partial charge in [0, 0.05) is 43.9 Å². The number of furan rings is 1. The molecule has 0 amide bonds. The molecule has 0 radical (unpaired) electrons. The molecule has 0 saturated carbocycles. The number of hydrogen-bond acceptors (Lipinski definition) is 1. The van der Waals surface area contributed by atoms with Gasteiger partial charge in [-0.05, 0) is 52.2 Å². The van der Waals surface area contributed by atoms with Gasteiger partial charge in [0.05, 0.1) is 16.6 Å². The number of benzene rings is 5. The zero-order valence-corrected chi connectivity index (χ0v) is 23.6. The van der Waals surface area contributed by atoms with Gasteiger partial charge in [-0.2, -0.15) is 0 Å². The predicted octanol–water partition coefficient (Wildman–Crippen LogP) is 8.05. The number of para-hydroxylation sites is 3. The molecule has 11 rings (SSSR count). The Kier molecular flexibility index (Phi) is 3.49. The van der Waals surface area contributed by atoms with Crippen molar-refractivity contribution < 1.29 is 4.42 Å². The number of aryl methyl sites for hydroxylation is 1. The maximum absolute atomic E-state index is 6.76. The number of fused-ring (bicyclic) bond motifs is 14. The van der Waals surface area contributed by atoms with Crippen LogP contribution in [0, 0.1) is 6.92 Å². The average Bonchev–Trinajstić information content (AvgIpc) is 3.71. The molecule has 0 spiro atoms. The van der Waals surface area contributed by atoms with Gasteiger partial charge < -0.3 is 13.5 Å². The van der Waals surface area contributed by atoms with Crippen LogP contribution in [0.15, 0.2) is 101 Å². The Balaban J connectivity index is 1.40. The SMILES string of the molecule is Cc1cc2c3c(c1)-n1c4c(c5cccc(c51)B3n1c3oc5ccccc5c3c3cccc-2c31)C(C)(C)c1ccccc1-4. The molecule has 1 aliphatic carbocycles. The molecule has 42 heavy (non-hydrogen) atoms. The first-order chi connectivity index (χ1) is 20.5. The number of nitrogens with zero attached hydrogens (tertiary/aromatic N) is 2. The summed E-state index contributed by atoms with van der Waals surface area (Å²) in [7, 11) is 0. The normalized spacial score (nSPS) is 15.2. The topological polar surface area (TPSA) is 23.0 Å². The Morgan fingerprint density at radius 1 is 0.714 bits per heavy atom. The van der Waals surface area contributed by atoms with Crippen molar-refractivity contribution in [1.29, 1.82) is 0 Å². The number of aromatic nitrogens is 2. The third-order valence-electron chi connectivity index (χ3n) is 10.5. The molecule has 0 saturated heterocycles. The summed E-state index contributed by atoms with van der Waals surface area (Å²) >= 11 is 0. The Bertz CT molecular complexity index is 2570. The fraction of sp³-hybridized carbons (Fsp3) is 0.105. The summed E-state index contributed by atoms with van der Waals surface area (Å²) in [5.41, 5.74) is 18.0. The highest BCUT2D eigenvalue weighted by Gasteiger charge is 2.47. The van der Waals surface area contributed by atoms with Crippen LogP contribution in [0.25, 0.3) is 71.9 Å². The first-order valence-electron chi connectivity index (χ1n) is 14.9. The zero-order chi connectivity index (χ0) is 27.6.